The zero-order chi connectivity index (χ0) is 27.4. The smallest absolute Gasteiger partial charge is 0.410 e. The first-order chi connectivity index (χ1) is 18.1. The monoisotopic (exact) mass is 560 g/mol. The molecule has 1 aromatic carbocycles. The summed E-state index contributed by atoms with van der Waals surface area (Å²) >= 11 is 1.42. The number of halogens is 1. The Kier molecular flexibility index (Phi) is 8.61. The molecule has 3 aromatic rings. The van der Waals surface area contributed by atoms with Crippen LogP contribution in [0.15, 0.2) is 30.5 Å². The van der Waals surface area contributed by atoms with Gasteiger partial charge in [0.05, 0.1) is 22.0 Å². The van der Waals surface area contributed by atoms with E-state index in [4.69, 9.17) is 9.72 Å². The summed E-state index contributed by atoms with van der Waals surface area (Å²) in [5, 5.41) is 0.711. The summed E-state index contributed by atoms with van der Waals surface area (Å²) in [6, 6.07) is 6.74. The number of anilines is 2. The zero-order valence-electron chi connectivity index (χ0n) is 22.3. The van der Waals surface area contributed by atoms with E-state index in [-0.39, 0.29) is 11.8 Å². The van der Waals surface area contributed by atoms with Crippen molar-refractivity contribution in [3.05, 3.63) is 42.1 Å². The second-order valence-electron chi connectivity index (χ2n) is 9.94. The summed E-state index contributed by atoms with van der Waals surface area (Å²) in [6.07, 6.45) is 2.05. The molecule has 1 fully saturated rings. The average molecular weight is 561 g/mol. The minimum Gasteiger partial charge on any atom is -0.444 e. The van der Waals surface area contributed by atoms with Crippen molar-refractivity contribution in [3.8, 4) is 21.8 Å². The SMILES string of the molecule is CCCS(=O)Nc1cccc(-c2nc(N3CCN(C(=O)OC(C)(C)C)CC3)sc2-c2ccnc(C)n2)c1F. The van der Waals surface area contributed by atoms with Crippen molar-refractivity contribution in [2.75, 3.05) is 41.6 Å². The number of aromatic nitrogens is 3. The van der Waals surface area contributed by atoms with Crippen LogP contribution in [-0.4, -0.2) is 67.7 Å². The number of piperazine rings is 1. The second kappa shape index (κ2) is 11.7. The molecule has 3 heterocycles. The van der Waals surface area contributed by atoms with E-state index in [0.717, 1.165) is 6.42 Å². The summed E-state index contributed by atoms with van der Waals surface area (Å²) in [7, 11) is -1.38. The van der Waals surface area contributed by atoms with Gasteiger partial charge in [-0.3, -0.25) is 0 Å². The number of hydrogen-bond donors (Lipinski definition) is 1. The van der Waals surface area contributed by atoms with Gasteiger partial charge < -0.3 is 19.3 Å². The Hall–Kier alpha value is -3.12. The van der Waals surface area contributed by atoms with Crippen LogP contribution in [0.5, 0.6) is 0 Å². The Morgan fingerprint density at radius 3 is 2.58 bits per heavy atom. The minimum atomic E-state index is -1.38. The number of amides is 1. The second-order valence-corrected chi connectivity index (χ2v) is 12.2. The molecule has 2 aromatic heterocycles. The molecule has 0 radical (unpaired) electrons. The number of nitrogens with zero attached hydrogens (tertiary/aromatic N) is 5. The third kappa shape index (κ3) is 6.65. The van der Waals surface area contributed by atoms with Crippen LogP contribution in [-0.2, 0) is 15.7 Å². The van der Waals surface area contributed by atoms with Crippen LogP contribution < -0.4 is 9.62 Å². The van der Waals surface area contributed by atoms with Gasteiger partial charge in [-0.25, -0.2) is 28.3 Å². The molecule has 4 rings (SSSR count). The lowest BCUT2D eigenvalue weighted by Crippen LogP contribution is -2.50. The molecule has 204 valence electrons. The topological polar surface area (TPSA) is 101 Å². The van der Waals surface area contributed by atoms with Crippen LogP contribution in [0.1, 0.15) is 39.9 Å². The Morgan fingerprint density at radius 1 is 1.18 bits per heavy atom. The van der Waals surface area contributed by atoms with Gasteiger partial charge in [0.1, 0.15) is 22.4 Å². The Morgan fingerprint density at radius 2 is 1.92 bits per heavy atom. The van der Waals surface area contributed by atoms with E-state index in [9.17, 15) is 9.00 Å². The predicted molar refractivity (Wildman–Crippen MR) is 150 cm³/mol. The van der Waals surface area contributed by atoms with Gasteiger partial charge >= 0.3 is 6.09 Å². The maximum atomic E-state index is 15.7. The number of nitrogens with one attached hydrogen (secondary N) is 1. The van der Waals surface area contributed by atoms with Crippen LogP contribution in [0.2, 0.25) is 0 Å². The van der Waals surface area contributed by atoms with Crippen LogP contribution in [0.3, 0.4) is 0 Å². The number of thiazole rings is 1. The van der Waals surface area contributed by atoms with Gasteiger partial charge in [0.25, 0.3) is 0 Å². The third-order valence-electron chi connectivity index (χ3n) is 5.69. The molecule has 1 aliphatic rings. The fourth-order valence-electron chi connectivity index (χ4n) is 3.94. The number of carbonyl (C=O) groups is 1. The molecule has 1 N–H and O–H groups in total. The number of rotatable bonds is 7. The molecule has 1 amide bonds. The van der Waals surface area contributed by atoms with E-state index < -0.39 is 22.4 Å². The Bertz CT molecular complexity index is 1320. The van der Waals surface area contributed by atoms with E-state index in [1.54, 1.807) is 42.3 Å². The van der Waals surface area contributed by atoms with Crippen LogP contribution in [0.4, 0.5) is 20.0 Å². The van der Waals surface area contributed by atoms with Crippen LogP contribution in [0, 0.1) is 12.7 Å². The average Bonchev–Trinajstić information content (AvgIpc) is 3.30. The van der Waals surface area contributed by atoms with Crippen molar-refractivity contribution in [1.82, 2.24) is 19.9 Å². The fraction of sp³-hybridized carbons (Fsp3) is 0.462. The highest BCUT2D eigenvalue weighted by molar-refractivity contribution is 7.86. The maximum absolute atomic E-state index is 15.7. The van der Waals surface area contributed by atoms with Gasteiger partial charge in [-0.2, -0.15) is 0 Å². The quantitative estimate of drug-likeness (QED) is 0.421. The molecule has 1 unspecified atom stereocenters. The number of carbonyl (C=O) groups excluding carboxylic acids is 1. The lowest BCUT2D eigenvalue weighted by atomic mass is 10.1. The number of ether oxygens (including phenoxy) is 1. The maximum Gasteiger partial charge on any atom is 0.410 e. The van der Waals surface area contributed by atoms with Crippen LogP contribution >= 0.6 is 11.3 Å². The standard InChI is InChI=1S/C26H33FN6O3S2/c1-6-16-38(35)31-19-9-7-8-18(21(19)27)22-23(20-10-11-28-17(2)29-20)37-24(30-22)32-12-14-33(15-13-32)25(34)36-26(3,4)5/h7-11,31H,6,12-16H2,1-5H3. The molecule has 0 bridgehead atoms. The largest absolute Gasteiger partial charge is 0.444 e. The molecular formula is C26H33FN6O3S2. The normalized spacial score (nSPS) is 14.9. The van der Waals surface area contributed by atoms with Crippen molar-refractivity contribution in [3.63, 3.8) is 0 Å². The molecule has 12 heteroatoms. The van der Waals surface area contributed by atoms with Gasteiger partial charge in [0.2, 0.25) is 0 Å². The molecule has 1 saturated heterocycles. The van der Waals surface area contributed by atoms with Crippen molar-refractivity contribution in [2.45, 2.75) is 46.6 Å². The number of aryl methyl sites for hydroxylation is 1. The summed E-state index contributed by atoms with van der Waals surface area (Å²) in [4.78, 5) is 30.6. The molecule has 1 aliphatic heterocycles. The van der Waals surface area contributed by atoms with E-state index in [1.807, 2.05) is 27.7 Å². The lowest BCUT2D eigenvalue weighted by Gasteiger charge is -2.35. The molecule has 1 atom stereocenters. The first-order valence-corrected chi connectivity index (χ1v) is 14.7. The molecule has 9 nitrogen and oxygen atoms in total. The zero-order valence-corrected chi connectivity index (χ0v) is 23.9. The van der Waals surface area contributed by atoms with E-state index >= 15 is 4.39 Å². The van der Waals surface area contributed by atoms with Gasteiger partial charge in [-0.05, 0) is 52.3 Å². The van der Waals surface area contributed by atoms with E-state index in [0.29, 0.717) is 64.7 Å². The van der Waals surface area contributed by atoms with Crippen molar-refractivity contribution in [2.24, 2.45) is 0 Å². The van der Waals surface area contributed by atoms with E-state index in [2.05, 4.69) is 19.6 Å². The van der Waals surface area contributed by atoms with Crippen molar-refractivity contribution >= 4 is 39.2 Å². The molecular weight excluding hydrogens is 527 g/mol. The molecule has 0 saturated carbocycles. The van der Waals surface area contributed by atoms with Gasteiger partial charge in [-0.1, -0.05) is 24.3 Å². The van der Waals surface area contributed by atoms with Crippen molar-refractivity contribution < 1.29 is 18.1 Å². The lowest BCUT2D eigenvalue weighted by molar-refractivity contribution is 0.0240. The minimum absolute atomic E-state index is 0.166. The summed E-state index contributed by atoms with van der Waals surface area (Å²) < 4.78 is 36.3. The first-order valence-electron chi connectivity index (χ1n) is 12.5. The van der Waals surface area contributed by atoms with Gasteiger partial charge in [-0.15, -0.1) is 0 Å². The highest BCUT2D eigenvalue weighted by Crippen LogP contribution is 2.41. The van der Waals surface area contributed by atoms with E-state index in [1.165, 1.54) is 11.3 Å². The van der Waals surface area contributed by atoms with Crippen LogP contribution in [0.25, 0.3) is 21.8 Å². The summed E-state index contributed by atoms with van der Waals surface area (Å²) in [5.41, 5.74) is 1.01. The molecule has 38 heavy (non-hydrogen) atoms. The first kappa shape index (κ1) is 27.9. The fourth-order valence-corrected chi connectivity index (χ4v) is 5.92. The van der Waals surface area contributed by atoms with Gasteiger partial charge in [0, 0.05) is 43.7 Å². The number of benzene rings is 1. The van der Waals surface area contributed by atoms with Crippen molar-refractivity contribution in [1.29, 1.82) is 0 Å². The molecule has 0 aliphatic carbocycles. The highest BCUT2D eigenvalue weighted by atomic mass is 32.2. The summed E-state index contributed by atoms with van der Waals surface area (Å²) in [6.45, 7) is 11.4. The molecule has 0 spiro atoms. The Balaban J connectivity index is 1.66. The number of hydrogen-bond acceptors (Lipinski definition) is 8. The third-order valence-corrected chi connectivity index (χ3v) is 8.06. The van der Waals surface area contributed by atoms with Gasteiger partial charge in [0.15, 0.2) is 10.9 Å². The Labute approximate surface area is 229 Å². The summed E-state index contributed by atoms with van der Waals surface area (Å²) in [5.74, 6) is 0.501. The predicted octanol–water partition coefficient (Wildman–Crippen LogP) is 5.26. The highest BCUT2D eigenvalue weighted by Gasteiger charge is 2.29.